The molecule has 0 saturated carbocycles. The van der Waals surface area contributed by atoms with Crippen LogP contribution in [0.25, 0.3) is 22.9 Å². The van der Waals surface area contributed by atoms with Crippen molar-refractivity contribution in [1.29, 1.82) is 0 Å². The Morgan fingerprint density at radius 2 is 1.68 bits per heavy atom. The fourth-order valence-corrected chi connectivity index (χ4v) is 2.33. The van der Waals surface area contributed by atoms with Gasteiger partial charge in [-0.05, 0) is 36.4 Å². The minimum Gasteiger partial charge on any atom is -0.497 e. The third kappa shape index (κ3) is 2.77. The summed E-state index contributed by atoms with van der Waals surface area (Å²) in [4.78, 5) is 0. The van der Waals surface area contributed by atoms with Crippen molar-refractivity contribution in [2.24, 2.45) is 0 Å². The van der Waals surface area contributed by atoms with Crippen LogP contribution >= 0.6 is 23.2 Å². The van der Waals surface area contributed by atoms with E-state index in [0.717, 1.165) is 6.07 Å². The lowest BCUT2D eigenvalue weighted by Crippen LogP contribution is -1.84. The summed E-state index contributed by atoms with van der Waals surface area (Å²) in [6, 6.07) is 9.56. The fraction of sp³-hybridized carbons (Fsp3) is 0.0667. The summed E-state index contributed by atoms with van der Waals surface area (Å²) in [5.41, 5.74) is 1.00. The van der Waals surface area contributed by atoms with Crippen LogP contribution in [0, 0.1) is 5.82 Å². The molecule has 0 amide bonds. The van der Waals surface area contributed by atoms with Crippen LogP contribution in [0.15, 0.2) is 40.8 Å². The molecule has 0 aliphatic rings. The average Bonchev–Trinajstić information content (AvgIpc) is 3.00. The molecule has 7 heteroatoms. The number of hydrogen-bond donors (Lipinski definition) is 0. The molecular formula is C15H9Cl2FN2O2. The van der Waals surface area contributed by atoms with E-state index in [2.05, 4.69) is 10.2 Å². The SMILES string of the molecule is COc1ccc(-c2nnc(-c3cc(F)c(Cl)cc3Cl)o2)cc1. The highest BCUT2D eigenvalue weighted by Gasteiger charge is 2.16. The lowest BCUT2D eigenvalue weighted by molar-refractivity contribution is 0.415. The molecule has 0 unspecified atom stereocenters. The Balaban J connectivity index is 1.98. The summed E-state index contributed by atoms with van der Waals surface area (Å²) in [5, 5.41) is 8.00. The Bertz CT molecular complexity index is 819. The van der Waals surface area contributed by atoms with Gasteiger partial charge in [-0.1, -0.05) is 23.2 Å². The van der Waals surface area contributed by atoms with E-state index in [1.54, 1.807) is 31.4 Å². The van der Waals surface area contributed by atoms with Crippen molar-refractivity contribution >= 4 is 23.2 Å². The molecule has 0 spiro atoms. The smallest absolute Gasteiger partial charge is 0.249 e. The van der Waals surface area contributed by atoms with E-state index in [1.165, 1.54) is 6.07 Å². The first kappa shape index (κ1) is 14.8. The second-order valence-corrected chi connectivity index (χ2v) is 5.20. The van der Waals surface area contributed by atoms with Gasteiger partial charge in [-0.2, -0.15) is 0 Å². The molecule has 4 nitrogen and oxygen atoms in total. The van der Waals surface area contributed by atoms with Crippen LogP contribution in [0.4, 0.5) is 4.39 Å². The number of methoxy groups -OCH3 is 1. The second-order valence-electron chi connectivity index (χ2n) is 4.39. The Morgan fingerprint density at radius 1 is 1.00 bits per heavy atom. The first-order valence-electron chi connectivity index (χ1n) is 6.21. The van der Waals surface area contributed by atoms with Gasteiger partial charge in [0.15, 0.2) is 0 Å². The topological polar surface area (TPSA) is 48.2 Å². The highest BCUT2D eigenvalue weighted by molar-refractivity contribution is 6.36. The molecule has 0 aliphatic heterocycles. The van der Waals surface area contributed by atoms with E-state index in [1.807, 2.05) is 0 Å². The monoisotopic (exact) mass is 338 g/mol. The molecule has 1 aromatic heterocycles. The van der Waals surface area contributed by atoms with Gasteiger partial charge in [0.1, 0.15) is 11.6 Å². The molecule has 0 bridgehead atoms. The van der Waals surface area contributed by atoms with Crippen LogP contribution in [-0.2, 0) is 0 Å². The molecule has 0 radical (unpaired) electrons. The Kier molecular flexibility index (Phi) is 4.00. The number of halogens is 3. The molecule has 0 atom stereocenters. The summed E-state index contributed by atoms with van der Waals surface area (Å²) in [6.07, 6.45) is 0. The van der Waals surface area contributed by atoms with Crippen LogP contribution < -0.4 is 4.74 Å². The van der Waals surface area contributed by atoms with Crippen molar-refractivity contribution in [3.63, 3.8) is 0 Å². The number of hydrogen-bond acceptors (Lipinski definition) is 4. The number of rotatable bonds is 3. The molecule has 3 aromatic rings. The highest BCUT2D eigenvalue weighted by Crippen LogP contribution is 2.33. The zero-order chi connectivity index (χ0) is 15.7. The molecule has 0 aliphatic carbocycles. The van der Waals surface area contributed by atoms with Crippen LogP contribution in [-0.4, -0.2) is 17.3 Å². The minimum absolute atomic E-state index is 0.0661. The lowest BCUT2D eigenvalue weighted by atomic mass is 10.2. The molecule has 112 valence electrons. The van der Waals surface area contributed by atoms with Gasteiger partial charge >= 0.3 is 0 Å². The van der Waals surface area contributed by atoms with Gasteiger partial charge in [-0.3, -0.25) is 0 Å². The zero-order valence-electron chi connectivity index (χ0n) is 11.3. The fourth-order valence-electron chi connectivity index (χ4n) is 1.87. The van der Waals surface area contributed by atoms with E-state index >= 15 is 0 Å². The van der Waals surface area contributed by atoms with E-state index in [9.17, 15) is 4.39 Å². The summed E-state index contributed by atoms with van der Waals surface area (Å²) in [6.45, 7) is 0. The second kappa shape index (κ2) is 5.94. The van der Waals surface area contributed by atoms with E-state index < -0.39 is 5.82 Å². The summed E-state index contributed by atoms with van der Waals surface area (Å²) in [5.74, 6) is 0.520. The van der Waals surface area contributed by atoms with E-state index in [-0.39, 0.29) is 21.5 Å². The third-order valence-electron chi connectivity index (χ3n) is 3.00. The maximum Gasteiger partial charge on any atom is 0.249 e. The molecule has 1 heterocycles. The van der Waals surface area contributed by atoms with Crippen molar-refractivity contribution in [2.45, 2.75) is 0 Å². The first-order chi connectivity index (χ1) is 10.6. The summed E-state index contributed by atoms with van der Waals surface area (Å²) in [7, 11) is 1.58. The number of nitrogens with zero attached hydrogens (tertiary/aromatic N) is 2. The van der Waals surface area contributed by atoms with Crippen molar-refractivity contribution < 1.29 is 13.5 Å². The zero-order valence-corrected chi connectivity index (χ0v) is 12.8. The van der Waals surface area contributed by atoms with Gasteiger partial charge in [0.2, 0.25) is 11.8 Å². The van der Waals surface area contributed by atoms with Crippen LogP contribution in [0.1, 0.15) is 0 Å². The third-order valence-corrected chi connectivity index (χ3v) is 3.60. The van der Waals surface area contributed by atoms with Gasteiger partial charge < -0.3 is 9.15 Å². The highest BCUT2D eigenvalue weighted by atomic mass is 35.5. The number of ether oxygens (including phenoxy) is 1. The maximum atomic E-state index is 13.6. The molecule has 0 saturated heterocycles. The largest absolute Gasteiger partial charge is 0.497 e. The van der Waals surface area contributed by atoms with Crippen molar-refractivity contribution in [2.75, 3.05) is 7.11 Å². The molecular weight excluding hydrogens is 330 g/mol. The predicted molar refractivity (Wildman–Crippen MR) is 81.7 cm³/mol. The molecule has 2 aromatic carbocycles. The van der Waals surface area contributed by atoms with Gasteiger partial charge in [0.25, 0.3) is 0 Å². The maximum absolute atomic E-state index is 13.6. The Morgan fingerprint density at radius 3 is 2.36 bits per heavy atom. The molecule has 0 fully saturated rings. The predicted octanol–water partition coefficient (Wildman–Crippen LogP) is 4.86. The summed E-state index contributed by atoms with van der Waals surface area (Å²) < 4.78 is 24.2. The van der Waals surface area contributed by atoms with Crippen LogP contribution in [0.5, 0.6) is 5.75 Å². The average molecular weight is 339 g/mol. The molecule has 3 rings (SSSR count). The summed E-state index contributed by atoms with van der Waals surface area (Å²) >= 11 is 11.7. The first-order valence-corrected chi connectivity index (χ1v) is 6.97. The van der Waals surface area contributed by atoms with Crippen molar-refractivity contribution in [3.8, 4) is 28.7 Å². The number of benzene rings is 2. The molecule has 0 N–H and O–H groups in total. The minimum atomic E-state index is -0.606. The standard InChI is InChI=1S/C15H9Cl2FN2O2/c1-21-9-4-2-8(3-5-9)14-19-20-15(22-14)10-6-13(18)12(17)7-11(10)16/h2-7H,1H3. The van der Waals surface area contributed by atoms with Crippen molar-refractivity contribution in [1.82, 2.24) is 10.2 Å². The Labute approximate surface area is 135 Å². The van der Waals surface area contributed by atoms with Gasteiger partial charge in [-0.15, -0.1) is 10.2 Å². The van der Waals surface area contributed by atoms with Crippen LogP contribution in [0.2, 0.25) is 10.0 Å². The van der Waals surface area contributed by atoms with Gasteiger partial charge in [0.05, 0.1) is 22.7 Å². The normalized spacial score (nSPS) is 10.7. The van der Waals surface area contributed by atoms with E-state index in [0.29, 0.717) is 17.2 Å². The molecule has 22 heavy (non-hydrogen) atoms. The Hall–Kier alpha value is -2.11. The van der Waals surface area contributed by atoms with Crippen molar-refractivity contribution in [3.05, 3.63) is 52.3 Å². The van der Waals surface area contributed by atoms with E-state index in [4.69, 9.17) is 32.4 Å². The lowest BCUT2D eigenvalue weighted by Gasteiger charge is -2.01. The van der Waals surface area contributed by atoms with Crippen LogP contribution in [0.3, 0.4) is 0 Å². The number of aromatic nitrogens is 2. The van der Waals surface area contributed by atoms with Gasteiger partial charge in [0, 0.05) is 5.56 Å². The quantitative estimate of drug-likeness (QED) is 0.640. The van der Waals surface area contributed by atoms with Gasteiger partial charge in [-0.25, -0.2) is 4.39 Å².